The van der Waals surface area contributed by atoms with Crippen molar-refractivity contribution in [2.75, 3.05) is 6.61 Å². The molecule has 7 heteroatoms. The standard InChI is InChI=1S/C19H16BrFO5/c20-17-15(21)16(26-19(23)13-9-5-2-6-10-13)14(25-17)11-24-18(22)12-7-3-1-4-8-12/h1-10,14-17H,11H2/t14-,15+,16-,17+/m0/s1. The second-order valence-corrected chi connectivity index (χ2v) is 6.57. The zero-order valence-corrected chi connectivity index (χ0v) is 15.2. The van der Waals surface area contributed by atoms with Crippen molar-refractivity contribution in [1.29, 1.82) is 0 Å². The number of rotatable bonds is 5. The zero-order valence-electron chi connectivity index (χ0n) is 13.6. The number of alkyl halides is 2. The van der Waals surface area contributed by atoms with E-state index < -0.39 is 35.3 Å². The maximum atomic E-state index is 14.4. The van der Waals surface area contributed by atoms with Crippen molar-refractivity contribution in [1.82, 2.24) is 0 Å². The van der Waals surface area contributed by atoms with E-state index in [0.29, 0.717) is 11.1 Å². The third-order valence-corrected chi connectivity index (χ3v) is 4.60. The van der Waals surface area contributed by atoms with Crippen LogP contribution in [0.4, 0.5) is 4.39 Å². The fourth-order valence-corrected chi connectivity index (χ4v) is 3.11. The minimum absolute atomic E-state index is 0.233. The fraction of sp³-hybridized carbons (Fsp3) is 0.263. The number of esters is 2. The van der Waals surface area contributed by atoms with Crippen LogP contribution in [-0.4, -0.2) is 41.9 Å². The van der Waals surface area contributed by atoms with Crippen molar-refractivity contribution in [3.05, 3.63) is 71.8 Å². The predicted molar refractivity (Wildman–Crippen MR) is 94.9 cm³/mol. The second-order valence-electron chi connectivity index (χ2n) is 5.67. The lowest BCUT2D eigenvalue weighted by Crippen LogP contribution is -2.37. The number of halogens is 2. The van der Waals surface area contributed by atoms with Gasteiger partial charge in [-0.15, -0.1) is 0 Å². The molecule has 0 aromatic heterocycles. The number of carbonyl (C=O) groups is 2. The highest BCUT2D eigenvalue weighted by Crippen LogP contribution is 2.31. The largest absolute Gasteiger partial charge is 0.459 e. The van der Waals surface area contributed by atoms with E-state index in [9.17, 15) is 14.0 Å². The molecule has 0 spiro atoms. The average molecular weight is 423 g/mol. The maximum absolute atomic E-state index is 14.4. The molecular formula is C19H16BrFO5. The zero-order chi connectivity index (χ0) is 18.5. The van der Waals surface area contributed by atoms with Gasteiger partial charge in [-0.25, -0.2) is 14.0 Å². The molecule has 2 aromatic carbocycles. The fourth-order valence-electron chi connectivity index (χ4n) is 2.53. The maximum Gasteiger partial charge on any atom is 0.338 e. The summed E-state index contributed by atoms with van der Waals surface area (Å²) in [6.45, 7) is -0.233. The highest BCUT2D eigenvalue weighted by molar-refractivity contribution is 9.09. The molecule has 0 unspecified atom stereocenters. The minimum atomic E-state index is -1.58. The van der Waals surface area contributed by atoms with Crippen molar-refractivity contribution in [3.8, 4) is 0 Å². The molecule has 2 aromatic rings. The van der Waals surface area contributed by atoms with E-state index in [0.717, 1.165) is 0 Å². The van der Waals surface area contributed by atoms with Crippen LogP contribution in [0.1, 0.15) is 20.7 Å². The van der Waals surface area contributed by atoms with Gasteiger partial charge in [0.2, 0.25) is 0 Å². The van der Waals surface area contributed by atoms with Crippen molar-refractivity contribution in [2.45, 2.75) is 23.4 Å². The lowest BCUT2D eigenvalue weighted by Gasteiger charge is -2.19. The molecule has 5 nitrogen and oxygen atoms in total. The molecule has 1 aliphatic heterocycles. The quantitative estimate of drug-likeness (QED) is 0.544. The normalized spacial score (nSPS) is 24.8. The van der Waals surface area contributed by atoms with E-state index in [1.165, 1.54) is 0 Å². The molecule has 0 radical (unpaired) electrons. The topological polar surface area (TPSA) is 61.8 Å². The Bertz CT molecular complexity index is 755. The van der Waals surface area contributed by atoms with Gasteiger partial charge in [0, 0.05) is 0 Å². The van der Waals surface area contributed by atoms with Crippen molar-refractivity contribution in [2.24, 2.45) is 0 Å². The van der Waals surface area contributed by atoms with Crippen LogP contribution in [0.15, 0.2) is 60.7 Å². The van der Waals surface area contributed by atoms with Crippen LogP contribution < -0.4 is 0 Å². The molecule has 1 fully saturated rings. The molecule has 0 bridgehead atoms. The Hall–Kier alpha value is -2.25. The summed E-state index contributed by atoms with van der Waals surface area (Å²) in [4.78, 5) is 24.2. The summed E-state index contributed by atoms with van der Waals surface area (Å²) in [7, 11) is 0. The van der Waals surface area contributed by atoms with Crippen LogP contribution in [0.3, 0.4) is 0 Å². The summed E-state index contributed by atoms with van der Waals surface area (Å²) in [5.74, 6) is -1.22. The lowest BCUT2D eigenvalue weighted by molar-refractivity contribution is -0.0342. The number of carbonyl (C=O) groups excluding carboxylic acids is 2. The first kappa shape index (κ1) is 18.5. The van der Waals surface area contributed by atoms with Crippen molar-refractivity contribution >= 4 is 27.9 Å². The molecule has 0 aliphatic carbocycles. The number of benzene rings is 2. The number of hydrogen-bond acceptors (Lipinski definition) is 5. The van der Waals surface area contributed by atoms with Crippen LogP contribution in [0.2, 0.25) is 0 Å². The molecular weight excluding hydrogens is 407 g/mol. The van der Waals surface area contributed by atoms with Gasteiger partial charge in [-0.05, 0) is 24.3 Å². The summed E-state index contributed by atoms with van der Waals surface area (Å²) in [5.41, 5.74) is 0.674. The number of hydrogen-bond donors (Lipinski definition) is 0. The molecule has 3 rings (SSSR count). The lowest BCUT2D eigenvalue weighted by atomic mass is 10.1. The Kier molecular flexibility index (Phi) is 6.00. The van der Waals surface area contributed by atoms with Crippen LogP contribution in [0, 0.1) is 0 Å². The van der Waals surface area contributed by atoms with E-state index in [-0.39, 0.29) is 6.61 Å². The number of ether oxygens (including phenoxy) is 3. The van der Waals surface area contributed by atoms with Crippen molar-refractivity contribution < 1.29 is 28.2 Å². The molecule has 4 atom stereocenters. The van der Waals surface area contributed by atoms with Crippen LogP contribution in [-0.2, 0) is 14.2 Å². The molecule has 136 valence electrons. The van der Waals surface area contributed by atoms with Crippen LogP contribution >= 0.6 is 15.9 Å². The molecule has 1 saturated heterocycles. The van der Waals surface area contributed by atoms with Gasteiger partial charge in [-0.2, -0.15) is 0 Å². The first-order valence-corrected chi connectivity index (χ1v) is 8.89. The van der Waals surface area contributed by atoms with E-state index in [1.807, 2.05) is 0 Å². The molecule has 1 heterocycles. The Balaban J connectivity index is 1.63. The molecule has 1 aliphatic rings. The van der Waals surface area contributed by atoms with Crippen molar-refractivity contribution in [3.63, 3.8) is 0 Å². The predicted octanol–water partition coefficient (Wildman–Crippen LogP) is 3.53. The third kappa shape index (κ3) is 4.28. The van der Waals surface area contributed by atoms with Gasteiger partial charge in [0.05, 0.1) is 11.1 Å². The second kappa shape index (κ2) is 8.42. The van der Waals surface area contributed by atoms with Gasteiger partial charge in [0.15, 0.2) is 12.3 Å². The summed E-state index contributed by atoms with van der Waals surface area (Å²) in [5, 5.41) is -0.948. The van der Waals surface area contributed by atoms with Gasteiger partial charge in [-0.1, -0.05) is 52.3 Å². The average Bonchev–Trinajstić information content (AvgIpc) is 2.95. The van der Waals surface area contributed by atoms with E-state index in [2.05, 4.69) is 15.9 Å². The SMILES string of the molecule is O=C(OC[C@@H]1O[C@@H](Br)[C@H](F)[C@H]1OC(=O)c1ccccc1)c1ccccc1. The Labute approximate surface area is 158 Å². The van der Waals surface area contributed by atoms with Gasteiger partial charge < -0.3 is 14.2 Å². The minimum Gasteiger partial charge on any atom is -0.459 e. The molecule has 0 N–H and O–H groups in total. The van der Waals surface area contributed by atoms with Crippen LogP contribution in [0.5, 0.6) is 0 Å². The first-order chi connectivity index (χ1) is 12.6. The highest BCUT2D eigenvalue weighted by Gasteiger charge is 2.47. The summed E-state index contributed by atoms with van der Waals surface area (Å²) in [6, 6.07) is 16.7. The van der Waals surface area contributed by atoms with E-state index in [4.69, 9.17) is 14.2 Å². The monoisotopic (exact) mass is 422 g/mol. The van der Waals surface area contributed by atoms with Gasteiger partial charge in [0.1, 0.15) is 17.7 Å². The smallest absolute Gasteiger partial charge is 0.338 e. The molecule has 26 heavy (non-hydrogen) atoms. The summed E-state index contributed by atoms with van der Waals surface area (Å²) >= 11 is 3.05. The van der Waals surface area contributed by atoms with Gasteiger partial charge in [0.25, 0.3) is 0 Å². The third-order valence-electron chi connectivity index (χ3n) is 3.88. The first-order valence-electron chi connectivity index (χ1n) is 7.98. The summed E-state index contributed by atoms with van der Waals surface area (Å²) < 4.78 is 30.2. The highest BCUT2D eigenvalue weighted by atomic mass is 79.9. The Morgan fingerprint density at radius 3 is 2.08 bits per heavy atom. The van der Waals surface area contributed by atoms with Gasteiger partial charge in [-0.3, -0.25) is 0 Å². The van der Waals surface area contributed by atoms with E-state index >= 15 is 0 Å². The van der Waals surface area contributed by atoms with E-state index in [1.54, 1.807) is 60.7 Å². The molecule has 0 amide bonds. The Morgan fingerprint density at radius 1 is 0.962 bits per heavy atom. The van der Waals surface area contributed by atoms with Crippen LogP contribution in [0.25, 0.3) is 0 Å². The summed E-state index contributed by atoms with van der Waals surface area (Å²) in [6.07, 6.45) is -3.67. The molecule has 0 saturated carbocycles. The Morgan fingerprint density at radius 2 is 1.50 bits per heavy atom. The van der Waals surface area contributed by atoms with Gasteiger partial charge >= 0.3 is 11.9 Å².